The summed E-state index contributed by atoms with van der Waals surface area (Å²) >= 11 is 0. The molecular formula is C12H12FN3. The van der Waals surface area contributed by atoms with E-state index in [9.17, 15) is 4.39 Å². The molecule has 0 spiro atoms. The largest absolute Gasteiger partial charge is 0.362 e. The lowest BCUT2D eigenvalue weighted by Gasteiger charge is -2.07. The number of anilines is 1. The average molecular weight is 217 g/mol. The predicted octanol–water partition coefficient (Wildman–Crippen LogP) is 2.54. The number of hydrogen-bond acceptors (Lipinski definition) is 3. The molecule has 0 saturated heterocycles. The Bertz CT molecular complexity index is 440. The Morgan fingerprint density at radius 3 is 2.69 bits per heavy atom. The third kappa shape index (κ3) is 2.34. The molecule has 0 unspecified atom stereocenters. The van der Waals surface area contributed by atoms with Crippen molar-refractivity contribution in [3.05, 3.63) is 53.7 Å². The second-order valence-electron chi connectivity index (χ2n) is 3.45. The van der Waals surface area contributed by atoms with Crippen molar-refractivity contribution in [1.29, 1.82) is 0 Å². The maximum Gasteiger partial charge on any atom is 0.165 e. The highest BCUT2D eigenvalue weighted by atomic mass is 19.1. The van der Waals surface area contributed by atoms with Crippen LogP contribution in [-0.4, -0.2) is 9.97 Å². The average Bonchev–Trinajstić information content (AvgIpc) is 2.30. The summed E-state index contributed by atoms with van der Waals surface area (Å²) in [4.78, 5) is 8.12. The molecule has 2 heterocycles. The van der Waals surface area contributed by atoms with Crippen molar-refractivity contribution in [1.82, 2.24) is 9.97 Å². The molecule has 4 heteroatoms. The monoisotopic (exact) mass is 217 g/mol. The lowest BCUT2D eigenvalue weighted by Crippen LogP contribution is -2.06. The van der Waals surface area contributed by atoms with Gasteiger partial charge in [0, 0.05) is 12.4 Å². The molecule has 0 saturated carbocycles. The van der Waals surface area contributed by atoms with Gasteiger partial charge in [-0.05, 0) is 30.7 Å². The highest BCUT2D eigenvalue weighted by Crippen LogP contribution is 2.11. The number of nitrogens with zero attached hydrogens (tertiary/aromatic N) is 2. The first-order chi connectivity index (χ1) is 7.77. The van der Waals surface area contributed by atoms with Crippen LogP contribution < -0.4 is 5.32 Å². The van der Waals surface area contributed by atoms with Gasteiger partial charge in [-0.25, -0.2) is 9.37 Å². The maximum absolute atomic E-state index is 13.2. The van der Waals surface area contributed by atoms with Gasteiger partial charge in [-0.2, -0.15) is 0 Å². The number of pyridine rings is 2. The molecule has 0 aliphatic carbocycles. The molecule has 2 aromatic rings. The molecule has 1 N–H and O–H groups in total. The van der Waals surface area contributed by atoms with Gasteiger partial charge >= 0.3 is 0 Å². The topological polar surface area (TPSA) is 37.8 Å². The molecule has 0 aromatic carbocycles. The van der Waals surface area contributed by atoms with Crippen molar-refractivity contribution in [2.24, 2.45) is 0 Å². The Labute approximate surface area is 93.4 Å². The molecule has 0 amide bonds. The van der Waals surface area contributed by atoms with Crippen LogP contribution in [0.15, 0.2) is 36.7 Å². The van der Waals surface area contributed by atoms with E-state index in [1.54, 1.807) is 18.5 Å². The first-order valence-corrected chi connectivity index (χ1v) is 5.02. The van der Waals surface area contributed by atoms with Crippen molar-refractivity contribution in [3.63, 3.8) is 0 Å². The minimum Gasteiger partial charge on any atom is -0.362 e. The van der Waals surface area contributed by atoms with Crippen molar-refractivity contribution >= 4 is 5.82 Å². The Hall–Kier alpha value is -1.97. The number of halogens is 1. The molecule has 0 bridgehead atoms. The summed E-state index contributed by atoms with van der Waals surface area (Å²) in [6.07, 6.45) is 3.27. The van der Waals surface area contributed by atoms with E-state index in [1.807, 2.05) is 19.1 Å². The van der Waals surface area contributed by atoms with Crippen molar-refractivity contribution < 1.29 is 4.39 Å². The summed E-state index contributed by atoms with van der Waals surface area (Å²) in [5.74, 6) is -0.0939. The van der Waals surface area contributed by atoms with Gasteiger partial charge < -0.3 is 5.32 Å². The van der Waals surface area contributed by atoms with Gasteiger partial charge in [0.15, 0.2) is 11.6 Å². The van der Waals surface area contributed by atoms with Gasteiger partial charge in [-0.1, -0.05) is 6.07 Å². The molecule has 0 radical (unpaired) electrons. The molecule has 0 atom stereocenters. The quantitative estimate of drug-likeness (QED) is 0.858. The van der Waals surface area contributed by atoms with Crippen LogP contribution in [0.4, 0.5) is 10.2 Å². The van der Waals surface area contributed by atoms with E-state index in [-0.39, 0.29) is 11.6 Å². The minimum atomic E-state index is -0.351. The van der Waals surface area contributed by atoms with Crippen LogP contribution in [0.2, 0.25) is 0 Å². The highest BCUT2D eigenvalue weighted by Gasteiger charge is 2.03. The maximum atomic E-state index is 13.2. The normalized spacial score (nSPS) is 10.1. The smallest absolute Gasteiger partial charge is 0.165 e. The van der Waals surface area contributed by atoms with Gasteiger partial charge in [0.25, 0.3) is 0 Å². The second kappa shape index (κ2) is 4.70. The number of rotatable bonds is 3. The fraction of sp³-hybridized carbons (Fsp3) is 0.167. The lowest BCUT2D eigenvalue weighted by molar-refractivity contribution is 0.624. The van der Waals surface area contributed by atoms with Crippen molar-refractivity contribution in [3.8, 4) is 0 Å². The van der Waals surface area contributed by atoms with Gasteiger partial charge in [-0.3, -0.25) is 4.98 Å². The molecule has 82 valence electrons. The zero-order valence-corrected chi connectivity index (χ0v) is 8.94. The van der Waals surface area contributed by atoms with E-state index in [0.29, 0.717) is 6.54 Å². The Morgan fingerprint density at radius 1 is 1.19 bits per heavy atom. The first-order valence-electron chi connectivity index (χ1n) is 5.02. The van der Waals surface area contributed by atoms with E-state index in [4.69, 9.17) is 0 Å². The lowest BCUT2D eigenvalue weighted by atomic mass is 10.2. The van der Waals surface area contributed by atoms with Gasteiger partial charge in [0.05, 0.1) is 12.2 Å². The van der Waals surface area contributed by atoms with Crippen LogP contribution in [0, 0.1) is 12.7 Å². The third-order valence-electron chi connectivity index (χ3n) is 2.30. The first kappa shape index (κ1) is 10.5. The van der Waals surface area contributed by atoms with Crippen LogP contribution in [0.25, 0.3) is 0 Å². The fourth-order valence-electron chi connectivity index (χ4n) is 1.39. The summed E-state index contributed by atoms with van der Waals surface area (Å²) in [6.45, 7) is 2.44. The summed E-state index contributed by atoms with van der Waals surface area (Å²) in [5, 5.41) is 2.92. The zero-order chi connectivity index (χ0) is 11.4. The Balaban J connectivity index is 2.09. The Morgan fingerprint density at radius 2 is 1.94 bits per heavy atom. The van der Waals surface area contributed by atoms with Gasteiger partial charge in [-0.15, -0.1) is 0 Å². The van der Waals surface area contributed by atoms with Crippen molar-refractivity contribution in [2.45, 2.75) is 13.5 Å². The van der Waals surface area contributed by atoms with E-state index in [1.165, 1.54) is 6.07 Å². The molecule has 0 aliphatic rings. The third-order valence-corrected chi connectivity index (χ3v) is 2.30. The highest BCUT2D eigenvalue weighted by molar-refractivity contribution is 5.36. The minimum absolute atomic E-state index is 0.257. The molecule has 2 rings (SSSR count). The van der Waals surface area contributed by atoms with Gasteiger partial charge in [0.2, 0.25) is 0 Å². The summed E-state index contributed by atoms with van der Waals surface area (Å²) in [7, 11) is 0. The molecular weight excluding hydrogens is 205 g/mol. The number of nitrogens with one attached hydrogen (secondary N) is 1. The number of hydrogen-bond donors (Lipinski definition) is 1. The van der Waals surface area contributed by atoms with Crippen LogP contribution in [-0.2, 0) is 6.54 Å². The zero-order valence-electron chi connectivity index (χ0n) is 8.94. The summed E-state index contributed by atoms with van der Waals surface area (Å²) < 4.78 is 13.2. The van der Waals surface area contributed by atoms with Crippen LogP contribution >= 0.6 is 0 Å². The van der Waals surface area contributed by atoms with Crippen molar-refractivity contribution in [2.75, 3.05) is 5.32 Å². The van der Waals surface area contributed by atoms with E-state index in [2.05, 4.69) is 15.3 Å². The van der Waals surface area contributed by atoms with E-state index < -0.39 is 0 Å². The fourth-order valence-corrected chi connectivity index (χ4v) is 1.39. The summed E-state index contributed by atoms with van der Waals surface area (Å²) in [6, 6.07) is 6.78. The van der Waals surface area contributed by atoms with E-state index in [0.717, 1.165) is 11.3 Å². The Kier molecular flexibility index (Phi) is 3.10. The molecule has 16 heavy (non-hydrogen) atoms. The SMILES string of the molecule is Cc1cccnc1CNc1ncccc1F. The standard InChI is InChI=1S/C12H12FN3/c1-9-4-2-6-14-11(9)8-16-12-10(13)5-3-7-15-12/h2-7H,8H2,1H3,(H,15,16). The van der Waals surface area contributed by atoms with Crippen LogP contribution in [0.1, 0.15) is 11.3 Å². The number of aryl methyl sites for hydroxylation is 1. The predicted molar refractivity (Wildman–Crippen MR) is 60.5 cm³/mol. The summed E-state index contributed by atoms with van der Waals surface area (Å²) in [5.41, 5.74) is 1.97. The van der Waals surface area contributed by atoms with Crippen LogP contribution in [0.3, 0.4) is 0 Å². The number of aromatic nitrogens is 2. The molecule has 0 aliphatic heterocycles. The molecule has 2 aromatic heterocycles. The van der Waals surface area contributed by atoms with Gasteiger partial charge in [0.1, 0.15) is 0 Å². The van der Waals surface area contributed by atoms with E-state index >= 15 is 0 Å². The molecule has 3 nitrogen and oxygen atoms in total. The molecule has 0 fully saturated rings. The second-order valence-corrected chi connectivity index (χ2v) is 3.45. The van der Waals surface area contributed by atoms with Crippen LogP contribution in [0.5, 0.6) is 0 Å².